The smallest absolute Gasteiger partial charge is 0.0324 e. The fourth-order valence-corrected chi connectivity index (χ4v) is 7.88. The summed E-state index contributed by atoms with van der Waals surface area (Å²) in [6.07, 6.45) is 10.9. The van der Waals surface area contributed by atoms with Gasteiger partial charge >= 0.3 is 0 Å². The van der Waals surface area contributed by atoms with Crippen molar-refractivity contribution in [2.75, 3.05) is 0 Å². The van der Waals surface area contributed by atoms with E-state index in [2.05, 4.69) is 27.7 Å². The molecule has 10 unspecified atom stereocenters. The molecule has 4 aliphatic rings. The number of fused-ring (bicyclic) bond motifs is 5. The van der Waals surface area contributed by atoms with Crippen LogP contribution in [0.4, 0.5) is 0 Å². The van der Waals surface area contributed by atoms with Crippen LogP contribution in [0.1, 0.15) is 72.6 Å². The van der Waals surface area contributed by atoms with Crippen molar-refractivity contribution in [1.82, 2.24) is 0 Å². The van der Waals surface area contributed by atoms with Gasteiger partial charge in [0.2, 0.25) is 0 Å². The molecule has 120 valence electrons. The predicted octanol–water partition coefficient (Wildman–Crippen LogP) is 6.01. The van der Waals surface area contributed by atoms with E-state index in [4.69, 9.17) is 0 Å². The zero-order chi connectivity index (χ0) is 14.7. The third-order valence-electron chi connectivity index (χ3n) is 9.13. The van der Waals surface area contributed by atoms with Gasteiger partial charge in [0.25, 0.3) is 0 Å². The summed E-state index contributed by atoms with van der Waals surface area (Å²) in [5, 5.41) is 0. The Morgan fingerprint density at radius 2 is 1.19 bits per heavy atom. The standard InChI is InChI=1S/C21H36/c1-12-8-10-18-19-11-9-16-6-5-7-17(16)21(19)15(4)14(3)20(18)13(12)2/h12-21H,5-11H2,1-4H3. The Morgan fingerprint density at radius 3 is 2.00 bits per heavy atom. The van der Waals surface area contributed by atoms with E-state index in [1.54, 1.807) is 38.5 Å². The van der Waals surface area contributed by atoms with Crippen LogP contribution >= 0.6 is 0 Å². The number of hydrogen-bond donors (Lipinski definition) is 0. The van der Waals surface area contributed by atoms with Crippen LogP contribution in [0.3, 0.4) is 0 Å². The monoisotopic (exact) mass is 288 g/mol. The Hall–Kier alpha value is 0. The second kappa shape index (κ2) is 5.27. The molecule has 0 radical (unpaired) electrons. The minimum Gasteiger partial charge on any atom is -0.0622 e. The van der Waals surface area contributed by atoms with Gasteiger partial charge in [0.1, 0.15) is 0 Å². The highest BCUT2D eigenvalue weighted by Crippen LogP contribution is 2.62. The van der Waals surface area contributed by atoms with Gasteiger partial charge in [-0.1, -0.05) is 47.0 Å². The van der Waals surface area contributed by atoms with E-state index in [0.717, 1.165) is 59.2 Å². The van der Waals surface area contributed by atoms with E-state index < -0.39 is 0 Å². The molecular weight excluding hydrogens is 252 g/mol. The molecule has 0 heteroatoms. The van der Waals surface area contributed by atoms with E-state index in [1.165, 1.54) is 6.42 Å². The van der Waals surface area contributed by atoms with Gasteiger partial charge in [-0.2, -0.15) is 0 Å². The van der Waals surface area contributed by atoms with Crippen LogP contribution in [0.5, 0.6) is 0 Å². The quantitative estimate of drug-likeness (QED) is 0.512. The highest BCUT2D eigenvalue weighted by atomic mass is 14.6. The summed E-state index contributed by atoms with van der Waals surface area (Å²) in [7, 11) is 0. The van der Waals surface area contributed by atoms with E-state index in [0.29, 0.717) is 0 Å². The Kier molecular flexibility index (Phi) is 3.66. The minimum atomic E-state index is 0.972. The Balaban J connectivity index is 1.65. The summed E-state index contributed by atoms with van der Waals surface area (Å²) >= 11 is 0. The molecule has 0 aromatic carbocycles. The molecule has 0 nitrogen and oxygen atoms in total. The summed E-state index contributed by atoms with van der Waals surface area (Å²) in [6, 6.07) is 0. The molecule has 0 aromatic rings. The first-order chi connectivity index (χ1) is 10.1. The lowest BCUT2D eigenvalue weighted by atomic mass is 9.46. The number of rotatable bonds is 0. The third-order valence-corrected chi connectivity index (χ3v) is 9.13. The Labute approximate surface area is 132 Å². The van der Waals surface area contributed by atoms with Crippen molar-refractivity contribution in [2.45, 2.75) is 72.6 Å². The molecule has 4 fully saturated rings. The second-order valence-corrected chi connectivity index (χ2v) is 9.55. The molecule has 4 aliphatic carbocycles. The summed E-state index contributed by atoms with van der Waals surface area (Å²) < 4.78 is 0. The van der Waals surface area contributed by atoms with E-state index in [1.807, 2.05) is 0 Å². The lowest BCUT2D eigenvalue weighted by molar-refractivity contribution is -0.111. The number of hydrogen-bond acceptors (Lipinski definition) is 0. The summed E-state index contributed by atoms with van der Waals surface area (Å²) in [5.74, 6) is 10.5. The molecule has 21 heavy (non-hydrogen) atoms. The Morgan fingerprint density at radius 1 is 0.524 bits per heavy atom. The predicted molar refractivity (Wildman–Crippen MR) is 89.9 cm³/mol. The zero-order valence-electron chi connectivity index (χ0n) is 14.7. The van der Waals surface area contributed by atoms with Gasteiger partial charge in [-0.05, 0) is 84.9 Å². The maximum absolute atomic E-state index is 2.64. The molecule has 0 bridgehead atoms. The van der Waals surface area contributed by atoms with Crippen molar-refractivity contribution in [3.05, 3.63) is 0 Å². The first kappa shape index (κ1) is 14.6. The lowest BCUT2D eigenvalue weighted by Crippen LogP contribution is -2.53. The van der Waals surface area contributed by atoms with Crippen LogP contribution in [0.15, 0.2) is 0 Å². The highest BCUT2D eigenvalue weighted by molar-refractivity contribution is 5.04. The SMILES string of the molecule is CC1CCC2C3CCC4CCCC4C3C(C)C(C)C2C1C. The van der Waals surface area contributed by atoms with Crippen molar-refractivity contribution in [1.29, 1.82) is 0 Å². The molecule has 0 saturated heterocycles. The zero-order valence-corrected chi connectivity index (χ0v) is 14.7. The van der Waals surface area contributed by atoms with Gasteiger partial charge in [0.15, 0.2) is 0 Å². The maximum atomic E-state index is 2.64. The van der Waals surface area contributed by atoms with E-state index in [-0.39, 0.29) is 0 Å². The average Bonchev–Trinajstić information content (AvgIpc) is 2.95. The van der Waals surface area contributed by atoms with Crippen LogP contribution < -0.4 is 0 Å². The Bertz CT molecular complexity index is 385. The van der Waals surface area contributed by atoms with Gasteiger partial charge < -0.3 is 0 Å². The fraction of sp³-hybridized carbons (Fsp3) is 1.00. The van der Waals surface area contributed by atoms with Gasteiger partial charge in [-0.15, -0.1) is 0 Å². The van der Waals surface area contributed by atoms with Crippen LogP contribution in [0.2, 0.25) is 0 Å². The minimum absolute atomic E-state index is 0.972. The van der Waals surface area contributed by atoms with Crippen molar-refractivity contribution in [2.24, 2.45) is 59.2 Å². The van der Waals surface area contributed by atoms with Gasteiger partial charge in [0.05, 0.1) is 0 Å². The lowest BCUT2D eigenvalue weighted by Gasteiger charge is -2.59. The van der Waals surface area contributed by atoms with Crippen LogP contribution in [-0.4, -0.2) is 0 Å². The first-order valence-electron chi connectivity index (χ1n) is 10.1. The van der Waals surface area contributed by atoms with Gasteiger partial charge in [0, 0.05) is 0 Å². The summed E-state index contributed by atoms with van der Waals surface area (Å²) in [4.78, 5) is 0. The van der Waals surface area contributed by atoms with Crippen LogP contribution in [-0.2, 0) is 0 Å². The van der Waals surface area contributed by atoms with Crippen molar-refractivity contribution < 1.29 is 0 Å². The molecule has 4 rings (SSSR count). The summed E-state index contributed by atoms with van der Waals surface area (Å²) in [5.41, 5.74) is 0. The third kappa shape index (κ3) is 2.07. The normalized spacial score (nSPS) is 60.0. The summed E-state index contributed by atoms with van der Waals surface area (Å²) in [6.45, 7) is 10.4. The second-order valence-electron chi connectivity index (χ2n) is 9.55. The maximum Gasteiger partial charge on any atom is -0.0324 e. The van der Waals surface area contributed by atoms with Crippen molar-refractivity contribution >= 4 is 0 Å². The molecule has 0 heterocycles. The molecule has 0 spiro atoms. The van der Waals surface area contributed by atoms with Gasteiger partial charge in [-0.25, -0.2) is 0 Å². The van der Waals surface area contributed by atoms with E-state index in [9.17, 15) is 0 Å². The van der Waals surface area contributed by atoms with Gasteiger partial charge in [-0.3, -0.25) is 0 Å². The van der Waals surface area contributed by atoms with Crippen LogP contribution in [0, 0.1) is 59.2 Å². The first-order valence-corrected chi connectivity index (χ1v) is 10.1. The molecule has 10 atom stereocenters. The fourth-order valence-electron chi connectivity index (χ4n) is 7.88. The molecule has 0 aromatic heterocycles. The molecule has 0 aliphatic heterocycles. The largest absolute Gasteiger partial charge is 0.0622 e. The van der Waals surface area contributed by atoms with E-state index >= 15 is 0 Å². The molecule has 4 saturated carbocycles. The van der Waals surface area contributed by atoms with Crippen molar-refractivity contribution in [3.8, 4) is 0 Å². The average molecular weight is 289 g/mol. The molecule has 0 amide bonds. The molecular formula is C21H36. The van der Waals surface area contributed by atoms with Crippen LogP contribution in [0.25, 0.3) is 0 Å². The highest BCUT2D eigenvalue weighted by Gasteiger charge is 2.55. The topological polar surface area (TPSA) is 0 Å². The molecule has 0 N–H and O–H groups in total. The van der Waals surface area contributed by atoms with Crippen molar-refractivity contribution in [3.63, 3.8) is 0 Å².